The van der Waals surface area contributed by atoms with Crippen molar-refractivity contribution in [1.29, 1.82) is 0 Å². The maximum absolute atomic E-state index is 10.9. The van der Waals surface area contributed by atoms with Crippen LogP contribution in [0.5, 0.6) is 0 Å². The summed E-state index contributed by atoms with van der Waals surface area (Å²) in [4.78, 5) is 10.9. The van der Waals surface area contributed by atoms with Crippen molar-refractivity contribution >= 4 is 37.8 Å². The van der Waals surface area contributed by atoms with Crippen molar-refractivity contribution in [2.45, 2.75) is 25.9 Å². The van der Waals surface area contributed by atoms with Gasteiger partial charge in [0.05, 0.1) is 6.04 Å². The predicted molar refractivity (Wildman–Crippen MR) is 72.0 cm³/mol. The highest BCUT2D eigenvalue weighted by atomic mass is 79.9. The largest absolute Gasteiger partial charge is 0.368 e. The van der Waals surface area contributed by atoms with E-state index in [4.69, 9.17) is 5.73 Å². The maximum atomic E-state index is 10.9. The summed E-state index contributed by atoms with van der Waals surface area (Å²) >= 11 is 6.88. The molecule has 1 amide bonds. The molecule has 0 aliphatic rings. The number of hydrogen-bond donors (Lipinski definition) is 2. The topological polar surface area (TPSA) is 55.1 Å². The van der Waals surface area contributed by atoms with Crippen molar-refractivity contribution in [2.24, 2.45) is 5.73 Å². The smallest absolute Gasteiger partial charge is 0.234 e. The zero-order valence-electron chi connectivity index (χ0n) is 9.13. The zero-order chi connectivity index (χ0) is 12.3. The molecule has 0 saturated heterocycles. The Hall–Kier alpha value is -0.390. The van der Waals surface area contributed by atoms with E-state index in [9.17, 15) is 4.79 Å². The minimum atomic E-state index is -0.347. The average Bonchev–Trinajstić information content (AvgIpc) is 2.16. The number of carbonyl (C=O) groups is 1. The quantitative estimate of drug-likeness (QED) is 0.878. The van der Waals surface area contributed by atoms with Crippen LogP contribution in [-0.4, -0.2) is 11.9 Å². The summed E-state index contributed by atoms with van der Waals surface area (Å²) in [6.07, 6.45) is 0. The van der Waals surface area contributed by atoms with Crippen molar-refractivity contribution < 1.29 is 4.79 Å². The first-order valence-electron chi connectivity index (χ1n) is 4.92. The van der Waals surface area contributed by atoms with E-state index >= 15 is 0 Å². The Morgan fingerprint density at radius 2 is 2.00 bits per heavy atom. The Morgan fingerprint density at radius 1 is 1.38 bits per heavy atom. The van der Waals surface area contributed by atoms with E-state index in [0.717, 1.165) is 14.5 Å². The van der Waals surface area contributed by atoms with E-state index in [0.29, 0.717) is 0 Å². The normalized spacial score (nSPS) is 14.5. The number of benzene rings is 1. The lowest BCUT2D eigenvalue weighted by Crippen LogP contribution is -2.40. The molecule has 0 spiro atoms. The highest BCUT2D eigenvalue weighted by molar-refractivity contribution is 9.11. The Balaban J connectivity index is 2.80. The summed E-state index contributed by atoms with van der Waals surface area (Å²) in [5, 5.41) is 3.14. The number of nitrogens with one attached hydrogen (secondary N) is 1. The van der Waals surface area contributed by atoms with Gasteiger partial charge < -0.3 is 5.73 Å². The van der Waals surface area contributed by atoms with E-state index < -0.39 is 0 Å². The third-order valence-corrected chi connectivity index (χ3v) is 3.54. The van der Waals surface area contributed by atoms with Crippen LogP contribution in [-0.2, 0) is 4.79 Å². The summed E-state index contributed by atoms with van der Waals surface area (Å²) in [6.45, 7) is 3.75. The Bertz CT molecular complexity index is 396. The molecule has 0 radical (unpaired) electrons. The first-order chi connectivity index (χ1) is 7.41. The van der Waals surface area contributed by atoms with Crippen molar-refractivity contribution in [1.82, 2.24) is 5.32 Å². The van der Waals surface area contributed by atoms with Crippen LogP contribution in [0.1, 0.15) is 25.5 Å². The minimum Gasteiger partial charge on any atom is -0.368 e. The molecule has 16 heavy (non-hydrogen) atoms. The van der Waals surface area contributed by atoms with E-state index in [-0.39, 0.29) is 18.0 Å². The lowest BCUT2D eigenvalue weighted by Gasteiger charge is -2.19. The molecular weight excluding hydrogens is 336 g/mol. The van der Waals surface area contributed by atoms with Crippen molar-refractivity contribution in [3.8, 4) is 0 Å². The van der Waals surface area contributed by atoms with Crippen LogP contribution in [0.4, 0.5) is 0 Å². The molecule has 0 bridgehead atoms. The summed E-state index contributed by atoms with van der Waals surface area (Å²) in [7, 11) is 0. The van der Waals surface area contributed by atoms with Gasteiger partial charge in [-0.05, 0) is 31.5 Å². The molecule has 1 rings (SSSR count). The fourth-order valence-corrected chi connectivity index (χ4v) is 2.79. The third kappa shape index (κ3) is 3.57. The maximum Gasteiger partial charge on any atom is 0.234 e. The standard InChI is InChI=1S/C11H14Br2N2O/c1-6(15-7(2)11(14)16)9-4-3-8(12)5-10(9)13/h3-7,15H,1-2H3,(H2,14,16). The van der Waals surface area contributed by atoms with Crippen molar-refractivity contribution in [3.05, 3.63) is 32.7 Å². The number of hydrogen-bond acceptors (Lipinski definition) is 2. The van der Waals surface area contributed by atoms with Crippen LogP contribution < -0.4 is 11.1 Å². The van der Waals surface area contributed by atoms with Crippen LogP contribution in [0.2, 0.25) is 0 Å². The first-order valence-corrected chi connectivity index (χ1v) is 6.50. The van der Waals surface area contributed by atoms with Gasteiger partial charge in [0.15, 0.2) is 0 Å². The van der Waals surface area contributed by atoms with E-state index in [2.05, 4.69) is 37.2 Å². The molecule has 0 aliphatic heterocycles. The van der Waals surface area contributed by atoms with Crippen LogP contribution >= 0.6 is 31.9 Å². The molecular formula is C11H14Br2N2O. The Kier molecular flexibility index (Phi) is 4.95. The number of nitrogens with two attached hydrogens (primary N) is 1. The second-order valence-corrected chi connectivity index (χ2v) is 5.45. The van der Waals surface area contributed by atoms with Crippen LogP contribution in [0.3, 0.4) is 0 Å². The molecule has 1 aromatic carbocycles. The monoisotopic (exact) mass is 348 g/mol. The third-order valence-electron chi connectivity index (χ3n) is 2.36. The summed E-state index contributed by atoms with van der Waals surface area (Å²) in [6, 6.07) is 5.66. The van der Waals surface area contributed by atoms with Crippen LogP contribution in [0.25, 0.3) is 0 Å². The van der Waals surface area contributed by atoms with Gasteiger partial charge in [0.2, 0.25) is 5.91 Å². The summed E-state index contributed by atoms with van der Waals surface area (Å²) in [5.41, 5.74) is 6.30. The molecule has 3 nitrogen and oxygen atoms in total. The molecule has 0 aromatic heterocycles. The van der Waals surface area contributed by atoms with Gasteiger partial charge in [-0.2, -0.15) is 0 Å². The predicted octanol–water partition coefficient (Wildman–Crippen LogP) is 2.74. The Morgan fingerprint density at radius 3 is 2.50 bits per heavy atom. The second-order valence-electron chi connectivity index (χ2n) is 3.68. The van der Waals surface area contributed by atoms with Gasteiger partial charge in [0, 0.05) is 15.0 Å². The molecule has 2 unspecified atom stereocenters. The number of amides is 1. The minimum absolute atomic E-state index is 0.0602. The fraction of sp³-hybridized carbons (Fsp3) is 0.364. The van der Waals surface area contributed by atoms with Gasteiger partial charge in [-0.3, -0.25) is 10.1 Å². The number of halogens is 2. The number of rotatable bonds is 4. The summed E-state index contributed by atoms with van der Waals surface area (Å²) in [5.74, 6) is -0.347. The van der Waals surface area contributed by atoms with Gasteiger partial charge >= 0.3 is 0 Å². The second kappa shape index (κ2) is 5.80. The van der Waals surface area contributed by atoms with E-state index in [1.165, 1.54) is 0 Å². The molecule has 0 saturated carbocycles. The molecule has 5 heteroatoms. The molecule has 3 N–H and O–H groups in total. The molecule has 88 valence electrons. The lowest BCUT2D eigenvalue weighted by atomic mass is 10.1. The number of primary amides is 1. The van der Waals surface area contributed by atoms with E-state index in [1.807, 2.05) is 25.1 Å². The highest BCUT2D eigenvalue weighted by Crippen LogP contribution is 2.26. The first kappa shape index (κ1) is 13.7. The van der Waals surface area contributed by atoms with E-state index in [1.54, 1.807) is 6.92 Å². The SMILES string of the molecule is CC(NC(C)c1ccc(Br)cc1Br)C(N)=O. The van der Waals surface area contributed by atoms with Gasteiger partial charge in [-0.25, -0.2) is 0 Å². The van der Waals surface area contributed by atoms with Gasteiger partial charge in [-0.15, -0.1) is 0 Å². The lowest BCUT2D eigenvalue weighted by molar-refractivity contribution is -0.119. The Labute approximate surface area is 112 Å². The average molecular weight is 350 g/mol. The molecule has 0 aliphatic carbocycles. The van der Waals surface area contributed by atoms with Gasteiger partial charge in [-0.1, -0.05) is 37.9 Å². The fourth-order valence-electron chi connectivity index (χ4n) is 1.40. The summed E-state index contributed by atoms with van der Waals surface area (Å²) < 4.78 is 2.01. The highest BCUT2D eigenvalue weighted by Gasteiger charge is 2.15. The van der Waals surface area contributed by atoms with Gasteiger partial charge in [0.1, 0.15) is 0 Å². The molecule has 0 heterocycles. The van der Waals surface area contributed by atoms with Crippen LogP contribution in [0.15, 0.2) is 27.1 Å². The van der Waals surface area contributed by atoms with Crippen LogP contribution in [0, 0.1) is 0 Å². The van der Waals surface area contributed by atoms with Crippen molar-refractivity contribution in [3.63, 3.8) is 0 Å². The molecule has 0 fully saturated rings. The molecule has 1 aromatic rings. The van der Waals surface area contributed by atoms with Crippen molar-refractivity contribution in [2.75, 3.05) is 0 Å². The van der Waals surface area contributed by atoms with Gasteiger partial charge in [0.25, 0.3) is 0 Å². The zero-order valence-corrected chi connectivity index (χ0v) is 12.3. The molecule has 2 atom stereocenters. The number of carbonyl (C=O) groups excluding carboxylic acids is 1.